The van der Waals surface area contributed by atoms with Crippen LogP contribution < -0.4 is 0 Å². The van der Waals surface area contributed by atoms with E-state index in [4.69, 9.17) is 10.8 Å². The molecule has 0 radical (unpaired) electrons. The Kier molecular flexibility index (Phi) is 5.87. The molecule has 1 atom stereocenters. The molecule has 0 saturated heterocycles. The summed E-state index contributed by atoms with van der Waals surface area (Å²) in [5.41, 5.74) is -1.08. The van der Waals surface area contributed by atoms with Gasteiger partial charge in [-0.2, -0.15) is 5.26 Å². The zero-order chi connectivity index (χ0) is 15.3. The normalized spacial score (nSPS) is 20.3. The predicted octanol–water partition coefficient (Wildman–Crippen LogP) is 4.87. The minimum atomic E-state index is -1.81. The quantitative estimate of drug-likeness (QED) is 0.472. The maximum atomic E-state index is 9.73. The number of rotatable bonds is 8. The van der Waals surface area contributed by atoms with Crippen molar-refractivity contribution in [2.24, 2.45) is 5.41 Å². The molecular formula is C17H29NOSi. The number of nitriles is 1. The molecule has 3 heteroatoms. The summed E-state index contributed by atoms with van der Waals surface area (Å²) in [7, 11) is -1.81. The van der Waals surface area contributed by atoms with Gasteiger partial charge < -0.3 is 4.43 Å². The van der Waals surface area contributed by atoms with E-state index in [0.717, 1.165) is 50.2 Å². The van der Waals surface area contributed by atoms with Crippen LogP contribution >= 0.6 is 0 Å². The van der Waals surface area contributed by atoms with Crippen molar-refractivity contribution in [1.82, 2.24) is 0 Å². The highest BCUT2D eigenvalue weighted by Gasteiger charge is 2.57. The molecule has 0 bridgehead atoms. The van der Waals surface area contributed by atoms with E-state index in [1.165, 1.54) is 0 Å². The van der Waals surface area contributed by atoms with Gasteiger partial charge in [-0.15, -0.1) is 6.42 Å². The molecule has 1 aliphatic carbocycles. The molecule has 0 unspecified atom stereocenters. The Morgan fingerprint density at radius 2 is 1.75 bits per heavy atom. The zero-order valence-electron chi connectivity index (χ0n) is 13.6. The molecule has 1 fully saturated rings. The van der Waals surface area contributed by atoms with Gasteiger partial charge in [0.1, 0.15) is 5.60 Å². The van der Waals surface area contributed by atoms with E-state index in [9.17, 15) is 5.26 Å². The summed E-state index contributed by atoms with van der Waals surface area (Å²) in [6.07, 6.45) is 10.6. The first-order chi connectivity index (χ1) is 9.53. The number of nitrogens with zero attached hydrogens (tertiary/aromatic N) is 1. The Morgan fingerprint density at radius 1 is 1.20 bits per heavy atom. The molecule has 0 amide bonds. The highest BCUT2D eigenvalue weighted by molar-refractivity contribution is 6.73. The van der Waals surface area contributed by atoms with Crippen molar-refractivity contribution in [3.05, 3.63) is 0 Å². The highest BCUT2D eigenvalue weighted by atomic mass is 28.4. The lowest BCUT2D eigenvalue weighted by atomic mass is 9.58. The minimum absolute atomic E-state index is 0.435. The van der Waals surface area contributed by atoms with Gasteiger partial charge in [-0.1, -0.05) is 40.0 Å². The van der Waals surface area contributed by atoms with Crippen molar-refractivity contribution in [2.75, 3.05) is 0 Å². The molecule has 1 saturated carbocycles. The van der Waals surface area contributed by atoms with Crippen LogP contribution in [0.5, 0.6) is 0 Å². The molecule has 2 nitrogen and oxygen atoms in total. The largest absolute Gasteiger partial charge is 0.399 e. The lowest BCUT2D eigenvalue weighted by Crippen LogP contribution is -2.58. The van der Waals surface area contributed by atoms with Crippen LogP contribution in [-0.4, -0.2) is 13.9 Å². The third kappa shape index (κ3) is 2.67. The van der Waals surface area contributed by atoms with E-state index >= 15 is 0 Å². The standard InChI is InChI=1S/C17H29NOSi/c1-6-12-17(7-2,16(15-18)13-11-14-16)19-20(8-3,9-4)10-5/h2H,6,8-14H2,1,3-5H3/t17-/m1/s1. The predicted molar refractivity (Wildman–Crippen MR) is 86.7 cm³/mol. The van der Waals surface area contributed by atoms with Crippen molar-refractivity contribution in [1.29, 1.82) is 5.26 Å². The zero-order valence-corrected chi connectivity index (χ0v) is 14.6. The molecule has 0 spiro atoms. The van der Waals surface area contributed by atoms with Gasteiger partial charge in [-0.05, 0) is 43.8 Å². The number of hydrogen-bond acceptors (Lipinski definition) is 2. The summed E-state index contributed by atoms with van der Waals surface area (Å²) in [5.74, 6) is 2.96. The Morgan fingerprint density at radius 3 is 2.00 bits per heavy atom. The smallest absolute Gasteiger partial charge is 0.194 e. The van der Waals surface area contributed by atoms with Crippen molar-refractivity contribution in [2.45, 2.75) is 83.5 Å². The van der Waals surface area contributed by atoms with E-state index in [-0.39, 0.29) is 0 Å². The van der Waals surface area contributed by atoms with Gasteiger partial charge in [-0.25, -0.2) is 0 Å². The van der Waals surface area contributed by atoms with Crippen LogP contribution in [0.3, 0.4) is 0 Å². The Labute approximate surface area is 126 Å². The van der Waals surface area contributed by atoms with E-state index < -0.39 is 19.3 Å². The summed E-state index contributed by atoms with van der Waals surface area (Å²) in [4.78, 5) is 0. The maximum absolute atomic E-state index is 9.73. The molecule has 1 rings (SSSR count). The van der Waals surface area contributed by atoms with E-state index in [1.807, 2.05) is 0 Å². The Hall–Kier alpha value is -0.773. The molecule has 0 aromatic heterocycles. The van der Waals surface area contributed by atoms with Gasteiger partial charge in [-0.3, -0.25) is 0 Å². The molecule has 0 N–H and O–H groups in total. The maximum Gasteiger partial charge on any atom is 0.194 e. The first kappa shape index (κ1) is 17.3. The SMILES string of the molecule is C#C[C@](CCC)(O[Si](CC)(CC)CC)C1(C#N)CCC1. The molecular weight excluding hydrogens is 262 g/mol. The molecule has 0 heterocycles. The van der Waals surface area contributed by atoms with Gasteiger partial charge in [0.15, 0.2) is 8.32 Å². The number of terminal acetylenes is 1. The van der Waals surface area contributed by atoms with Gasteiger partial charge in [0, 0.05) is 0 Å². The van der Waals surface area contributed by atoms with Crippen LogP contribution in [-0.2, 0) is 4.43 Å². The second-order valence-electron chi connectivity index (χ2n) is 6.11. The average molecular weight is 292 g/mol. The van der Waals surface area contributed by atoms with Gasteiger partial charge in [0.05, 0.1) is 11.5 Å². The monoisotopic (exact) mass is 291 g/mol. The summed E-state index contributed by atoms with van der Waals surface area (Å²) >= 11 is 0. The number of hydrogen-bond donors (Lipinski definition) is 0. The molecule has 112 valence electrons. The Bertz CT molecular complexity index is 390. The van der Waals surface area contributed by atoms with Crippen LogP contribution in [0.4, 0.5) is 0 Å². The second-order valence-corrected chi connectivity index (χ2v) is 10.8. The van der Waals surface area contributed by atoms with Gasteiger partial charge in [0.25, 0.3) is 0 Å². The first-order valence-corrected chi connectivity index (χ1v) is 10.6. The van der Waals surface area contributed by atoms with E-state index in [1.54, 1.807) is 0 Å². The van der Waals surface area contributed by atoms with Crippen molar-refractivity contribution < 1.29 is 4.43 Å². The average Bonchev–Trinajstić information content (AvgIpc) is 2.44. The summed E-state index contributed by atoms with van der Waals surface area (Å²) in [6, 6.07) is 5.78. The fraction of sp³-hybridized carbons (Fsp3) is 0.824. The summed E-state index contributed by atoms with van der Waals surface area (Å²) < 4.78 is 6.74. The molecule has 1 aliphatic rings. The summed E-state index contributed by atoms with van der Waals surface area (Å²) in [5, 5.41) is 9.73. The van der Waals surface area contributed by atoms with Crippen molar-refractivity contribution >= 4 is 8.32 Å². The Balaban J connectivity index is 3.19. The lowest BCUT2D eigenvalue weighted by molar-refractivity contribution is -0.0420. The molecule has 20 heavy (non-hydrogen) atoms. The van der Waals surface area contributed by atoms with Crippen LogP contribution in [0.1, 0.15) is 59.8 Å². The van der Waals surface area contributed by atoms with E-state index in [0.29, 0.717) is 0 Å². The molecule has 0 aliphatic heterocycles. The third-order valence-corrected chi connectivity index (χ3v) is 10.0. The van der Waals surface area contributed by atoms with Crippen LogP contribution in [0.2, 0.25) is 18.1 Å². The second kappa shape index (κ2) is 6.79. The van der Waals surface area contributed by atoms with Crippen LogP contribution in [0.15, 0.2) is 0 Å². The lowest BCUT2D eigenvalue weighted by Gasteiger charge is -2.52. The van der Waals surface area contributed by atoms with Gasteiger partial charge >= 0.3 is 0 Å². The van der Waals surface area contributed by atoms with Crippen molar-refractivity contribution in [3.8, 4) is 18.4 Å². The highest BCUT2D eigenvalue weighted by Crippen LogP contribution is 2.53. The van der Waals surface area contributed by atoms with Crippen molar-refractivity contribution in [3.63, 3.8) is 0 Å². The topological polar surface area (TPSA) is 33.0 Å². The summed E-state index contributed by atoms with van der Waals surface area (Å²) in [6.45, 7) is 8.77. The van der Waals surface area contributed by atoms with Crippen LogP contribution in [0, 0.1) is 29.1 Å². The molecule has 0 aromatic carbocycles. The third-order valence-electron chi connectivity index (χ3n) is 5.35. The first-order valence-electron chi connectivity index (χ1n) is 8.12. The van der Waals surface area contributed by atoms with Crippen LogP contribution in [0.25, 0.3) is 0 Å². The molecule has 0 aromatic rings. The fourth-order valence-electron chi connectivity index (χ4n) is 3.45. The minimum Gasteiger partial charge on any atom is -0.399 e. The van der Waals surface area contributed by atoms with E-state index in [2.05, 4.69) is 39.7 Å². The fourth-order valence-corrected chi connectivity index (χ4v) is 6.48. The van der Waals surface area contributed by atoms with Gasteiger partial charge in [0.2, 0.25) is 0 Å².